The highest BCUT2D eigenvalue weighted by Crippen LogP contribution is 2.42. The van der Waals surface area contributed by atoms with E-state index in [2.05, 4.69) is 0 Å². The quantitative estimate of drug-likeness (QED) is 0.252. The molecular weight excluding hydrogens is 508 g/mol. The van der Waals surface area contributed by atoms with Crippen molar-refractivity contribution in [3.8, 4) is 11.5 Å². The van der Waals surface area contributed by atoms with Gasteiger partial charge in [0.15, 0.2) is 0 Å². The van der Waals surface area contributed by atoms with Crippen LogP contribution in [0.15, 0.2) is 83.3 Å². The first-order valence-electron chi connectivity index (χ1n) is 11.8. The summed E-state index contributed by atoms with van der Waals surface area (Å²) in [5.74, 6) is -0.574. The van der Waals surface area contributed by atoms with Crippen LogP contribution >= 0.6 is 0 Å². The average Bonchev–Trinajstić information content (AvgIpc) is 3.17. The van der Waals surface area contributed by atoms with Crippen molar-refractivity contribution in [3.63, 3.8) is 0 Å². The van der Waals surface area contributed by atoms with Gasteiger partial charge in [0.25, 0.3) is 11.7 Å². The predicted molar refractivity (Wildman–Crippen MR) is 142 cm³/mol. The lowest BCUT2D eigenvalue weighted by Crippen LogP contribution is -2.29. The van der Waals surface area contributed by atoms with Gasteiger partial charge in [-0.3, -0.25) is 14.5 Å². The van der Waals surface area contributed by atoms with Crippen molar-refractivity contribution in [2.75, 3.05) is 18.6 Å². The van der Waals surface area contributed by atoms with Gasteiger partial charge in [-0.05, 0) is 72.1 Å². The van der Waals surface area contributed by atoms with Crippen LogP contribution in [-0.4, -0.2) is 38.9 Å². The molecule has 1 aliphatic rings. The summed E-state index contributed by atoms with van der Waals surface area (Å²) >= 11 is 0. The maximum atomic E-state index is 13.3. The molecule has 1 aliphatic heterocycles. The third kappa shape index (κ3) is 5.41. The van der Waals surface area contributed by atoms with Crippen molar-refractivity contribution in [1.29, 1.82) is 0 Å². The standard InChI is InChI=1S/C28H28N2O7S/c1-17(2)16-37-22-12-6-19(7-13-22)26(31)24-25(18-4-10-21(36-3)11-5-18)30(28(33)27(24)32)20-8-14-23(15-9-20)38(29,34)35/h4-15,17,25,31H,16H2,1-3H3,(H2,29,34,35)/b26-24+. The molecule has 0 aromatic heterocycles. The number of amides is 1. The number of carbonyl (C=O) groups excluding carboxylic acids is 2. The molecule has 38 heavy (non-hydrogen) atoms. The van der Waals surface area contributed by atoms with Gasteiger partial charge < -0.3 is 14.6 Å². The Morgan fingerprint density at radius 2 is 1.53 bits per heavy atom. The number of aliphatic hydroxyl groups excluding tert-OH is 1. The first-order chi connectivity index (χ1) is 18.0. The molecule has 0 radical (unpaired) electrons. The molecular formula is C28H28N2O7S. The zero-order valence-corrected chi connectivity index (χ0v) is 21.9. The Hall–Kier alpha value is -4.15. The first kappa shape index (κ1) is 26.9. The molecule has 1 atom stereocenters. The van der Waals surface area contributed by atoms with E-state index >= 15 is 0 Å². The van der Waals surface area contributed by atoms with Crippen molar-refractivity contribution in [2.24, 2.45) is 11.1 Å². The van der Waals surface area contributed by atoms with Crippen molar-refractivity contribution in [3.05, 3.63) is 89.5 Å². The number of hydrogen-bond acceptors (Lipinski definition) is 7. The van der Waals surface area contributed by atoms with Gasteiger partial charge in [0, 0.05) is 11.3 Å². The SMILES string of the molecule is COc1ccc(C2/C(=C(\O)c3ccc(OCC(C)C)cc3)C(=O)C(=O)N2c2ccc(S(N)(=O)=O)cc2)cc1. The number of carbonyl (C=O) groups is 2. The second-order valence-corrected chi connectivity index (χ2v) is 10.8. The summed E-state index contributed by atoms with van der Waals surface area (Å²) in [6, 6.07) is 17.6. The van der Waals surface area contributed by atoms with E-state index in [1.165, 1.54) is 36.3 Å². The fourth-order valence-corrected chi connectivity index (χ4v) is 4.64. The molecule has 0 saturated carbocycles. The van der Waals surface area contributed by atoms with Gasteiger partial charge in [-0.15, -0.1) is 0 Å². The van der Waals surface area contributed by atoms with Gasteiger partial charge in [0.1, 0.15) is 17.3 Å². The van der Waals surface area contributed by atoms with Gasteiger partial charge >= 0.3 is 0 Å². The number of ether oxygens (including phenoxy) is 2. The van der Waals surface area contributed by atoms with Crippen LogP contribution in [0.2, 0.25) is 0 Å². The molecule has 3 aromatic rings. The van der Waals surface area contributed by atoms with Gasteiger partial charge in [0.05, 0.1) is 30.2 Å². The second kappa shape index (κ2) is 10.7. The zero-order chi connectivity index (χ0) is 27.6. The fraction of sp³-hybridized carbons (Fsp3) is 0.214. The number of rotatable bonds is 8. The summed E-state index contributed by atoms with van der Waals surface area (Å²) in [6.07, 6.45) is 0. The molecule has 4 rings (SSSR count). The summed E-state index contributed by atoms with van der Waals surface area (Å²) in [5.41, 5.74) is 1.03. The van der Waals surface area contributed by atoms with E-state index in [1.54, 1.807) is 48.5 Å². The molecule has 198 valence electrons. The molecule has 0 spiro atoms. The van der Waals surface area contributed by atoms with E-state index in [0.29, 0.717) is 35.2 Å². The Labute approximate surface area is 221 Å². The van der Waals surface area contributed by atoms with E-state index in [1.807, 2.05) is 13.8 Å². The molecule has 3 aromatic carbocycles. The van der Waals surface area contributed by atoms with E-state index in [0.717, 1.165) is 0 Å². The number of primary sulfonamides is 1. The van der Waals surface area contributed by atoms with Crippen LogP contribution in [-0.2, 0) is 19.6 Å². The highest BCUT2D eigenvalue weighted by molar-refractivity contribution is 7.89. The summed E-state index contributed by atoms with van der Waals surface area (Å²) < 4.78 is 34.3. The summed E-state index contributed by atoms with van der Waals surface area (Å²) in [4.78, 5) is 27.7. The van der Waals surface area contributed by atoms with E-state index in [-0.39, 0.29) is 21.9 Å². The lowest BCUT2D eigenvalue weighted by molar-refractivity contribution is -0.132. The summed E-state index contributed by atoms with van der Waals surface area (Å²) in [5, 5.41) is 16.5. The number of aliphatic hydroxyl groups is 1. The average molecular weight is 537 g/mol. The minimum absolute atomic E-state index is 0.105. The van der Waals surface area contributed by atoms with Gasteiger partial charge in [-0.1, -0.05) is 26.0 Å². The molecule has 1 saturated heterocycles. The van der Waals surface area contributed by atoms with Crippen LogP contribution in [0.4, 0.5) is 5.69 Å². The van der Waals surface area contributed by atoms with E-state index < -0.39 is 27.8 Å². The van der Waals surface area contributed by atoms with E-state index in [4.69, 9.17) is 14.6 Å². The largest absolute Gasteiger partial charge is 0.507 e. The monoisotopic (exact) mass is 536 g/mol. The lowest BCUT2D eigenvalue weighted by atomic mass is 9.95. The van der Waals surface area contributed by atoms with Crippen molar-refractivity contribution in [1.82, 2.24) is 0 Å². The number of nitrogens with zero attached hydrogens (tertiary/aromatic N) is 1. The number of hydrogen-bond donors (Lipinski definition) is 2. The molecule has 1 heterocycles. The van der Waals surface area contributed by atoms with Crippen LogP contribution in [0.1, 0.15) is 31.0 Å². The maximum Gasteiger partial charge on any atom is 0.300 e. The van der Waals surface area contributed by atoms with Crippen LogP contribution in [0.5, 0.6) is 11.5 Å². The van der Waals surface area contributed by atoms with E-state index in [9.17, 15) is 23.1 Å². The Kier molecular flexibility index (Phi) is 7.56. The third-order valence-corrected chi connectivity index (χ3v) is 6.96. The number of sulfonamides is 1. The van der Waals surface area contributed by atoms with Crippen molar-refractivity contribution >= 4 is 33.2 Å². The Morgan fingerprint density at radius 3 is 2.05 bits per heavy atom. The van der Waals surface area contributed by atoms with Crippen LogP contribution in [0.25, 0.3) is 5.76 Å². The molecule has 10 heteroatoms. The summed E-state index contributed by atoms with van der Waals surface area (Å²) in [6.45, 7) is 4.58. The Bertz CT molecular complexity index is 1480. The highest BCUT2D eigenvalue weighted by Gasteiger charge is 2.47. The first-order valence-corrected chi connectivity index (χ1v) is 13.4. The zero-order valence-electron chi connectivity index (χ0n) is 21.1. The number of benzene rings is 3. The van der Waals surface area contributed by atoms with Crippen LogP contribution in [0, 0.1) is 5.92 Å². The second-order valence-electron chi connectivity index (χ2n) is 9.21. The topological polar surface area (TPSA) is 136 Å². The summed E-state index contributed by atoms with van der Waals surface area (Å²) in [7, 11) is -2.44. The smallest absolute Gasteiger partial charge is 0.300 e. The lowest BCUT2D eigenvalue weighted by Gasteiger charge is -2.25. The minimum Gasteiger partial charge on any atom is -0.507 e. The molecule has 1 amide bonds. The van der Waals surface area contributed by atoms with Gasteiger partial charge in [0.2, 0.25) is 10.0 Å². The van der Waals surface area contributed by atoms with Crippen LogP contribution < -0.4 is 19.5 Å². The Morgan fingerprint density at radius 1 is 0.947 bits per heavy atom. The number of methoxy groups -OCH3 is 1. The third-order valence-electron chi connectivity index (χ3n) is 6.03. The molecule has 0 bridgehead atoms. The predicted octanol–water partition coefficient (Wildman–Crippen LogP) is 4.00. The molecule has 0 aliphatic carbocycles. The normalized spacial score (nSPS) is 17.2. The molecule has 9 nitrogen and oxygen atoms in total. The minimum atomic E-state index is -3.96. The van der Waals surface area contributed by atoms with Gasteiger partial charge in [-0.2, -0.15) is 0 Å². The number of nitrogens with two attached hydrogens (primary N) is 1. The van der Waals surface area contributed by atoms with Crippen molar-refractivity contribution < 1.29 is 32.6 Å². The molecule has 1 unspecified atom stereocenters. The maximum absolute atomic E-state index is 13.3. The Balaban J connectivity index is 1.82. The number of anilines is 1. The highest BCUT2D eigenvalue weighted by atomic mass is 32.2. The number of Topliss-reactive ketones (excluding diaryl/α,β-unsaturated/α-hetero) is 1. The number of ketones is 1. The van der Waals surface area contributed by atoms with Gasteiger partial charge in [-0.25, -0.2) is 13.6 Å². The molecule has 1 fully saturated rings. The fourth-order valence-electron chi connectivity index (χ4n) is 4.12. The molecule has 3 N–H and O–H groups in total. The van der Waals surface area contributed by atoms with Crippen molar-refractivity contribution in [2.45, 2.75) is 24.8 Å². The van der Waals surface area contributed by atoms with Crippen LogP contribution in [0.3, 0.4) is 0 Å².